The molecule has 2 aromatic carbocycles. The highest BCUT2D eigenvalue weighted by Crippen LogP contribution is 2.20. The van der Waals surface area contributed by atoms with E-state index in [1.807, 2.05) is 31.2 Å². The fourth-order valence-corrected chi connectivity index (χ4v) is 2.15. The lowest BCUT2D eigenvalue weighted by atomic mass is 10.1. The number of carbonyl (C=O) groups is 1. The molecular weight excluding hydrogens is 254 g/mol. The minimum absolute atomic E-state index is 0.205. The normalized spacial score (nSPS) is 10.8. The van der Waals surface area contributed by atoms with Crippen LogP contribution in [-0.2, 0) is 6.42 Å². The van der Waals surface area contributed by atoms with Gasteiger partial charge in [0.25, 0.3) is 0 Å². The summed E-state index contributed by atoms with van der Waals surface area (Å²) in [5.41, 5.74) is 3.72. The molecule has 0 aliphatic heterocycles. The number of aryl methyl sites for hydroxylation is 1. The molecule has 4 nitrogen and oxygen atoms in total. The zero-order valence-corrected chi connectivity index (χ0v) is 11.0. The van der Waals surface area contributed by atoms with Crippen LogP contribution in [-0.4, -0.2) is 16.1 Å². The van der Waals surface area contributed by atoms with Gasteiger partial charge in [-0.05, 0) is 36.2 Å². The summed E-state index contributed by atoms with van der Waals surface area (Å²) in [7, 11) is 0. The number of benzene rings is 2. The number of carboxylic acid groups (broad SMARTS) is 1. The molecule has 0 bridgehead atoms. The fourth-order valence-electron chi connectivity index (χ4n) is 2.15. The minimum atomic E-state index is -0.969. The van der Waals surface area contributed by atoms with Crippen LogP contribution in [0.15, 0.2) is 46.9 Å². The molecule has 0 aliphatic carbocycles. The highest BCUT2D eigenvalue weighted by atomic mass is 16.4. The van der Waals surface area contributed by atoms with Gasteiger partial charge in [0, 0.05) is 6.42 Å². The second kappa shape index (κ2) is 4.81. The largest absolute Gasteiger partial charge is 0.478 e. The maximum Gasteiger partial charge on any atom is 0.335 e. The number of nitrogens with zero attached hydrogens (tertiary/aromatic N) is 1. The fraction of sp³-hybridized carbons (Fsp3) is 0.125. The number of carboxylic acids is 1. The zero-order valence-electron chi connectivity index (χ0n) is 11.0. The van der Waals surface area contributed by atoms with Gasteiger partial charge in [-0.3, -0.25) is 0 Å². The van der Waals surface area contributed by atoms with E-state index in [1.165, 1.54) is 17.7 Å². The van der Waals surface area contributed by atoms with Crippen LogP contribution in [0.5, 0.6) is 0 Å². The first-order chi connectivity index (χ1) is 9.63. The van der Waals surface area contributed by atoms with Crippen LogP contribution >= 0.6 is 0 Å². The van der Waals surface area contributed by atoms with Crippen LogP contribution in [0.2, 0.25) is 0 Å². The highest BCUT2D eigenvalue weighted by molar-refractivity contribution is 5.91. The molecule has 0 saturated carbocycles. The van der Waals surface area contributed by atoms with Crippen molar-refractivity contribution in [2.75, 3.05) is 0 Å². The zero-order chi connectivity index (χ0) is 14.1. The third kappa shape index (κ3) is 2.28. The molecule has 0 atom stereocenters. The van der Waals surface area contributed by atoms with Crippen molar-refractivity contribution in [3.05, 3.63) is 65.0 Å². The van der Waals surface area contributed by atoms with E-state index in [1.54, 1.807) is 6.07 Å². The maximum atomic E-state index is 10.9. The van der Waals surface area contributed by atoms with Gasteiger partial charge >= 0.3 is 5.97 Å². The van der Waals surface area contributed by atoms with Gasteiger partial charge in [0.05, 0.1) is 5.56 Å². The van der Waals surface area contributed by atoms with E-state index in [4.69, 9.17) is 9.52 Å². The Labute approximate surface area is 115 Å². The Bertz CT molecular complexity index is 789. The van der Waals surface area contributed by atoms with Crippen molar-refractivity contribution in [3.63, 3.8) is 0 Å². The molecule has 3 aromatic rings. The number of aromatic nitrogens is 1. The summed E-state index contributed by atoms with van der Waals surface area (Å²) >= 11 is 0. The van der Waals surface area contributed by atoms with Crippen molar-refractivity contribution < 1.29 is 14.3 Å². The van der Waals surface area contributed by atoms with Crippen molar-refractivity contribution >= 4 is 17.1 Å². The summed E-state index contributed by atoms with van der Waals surface area (Å²) in [6, 6.07) is 12.8. The first-order valence-corrected chi connectivity index (χ1v) is 6.31. The predicted molar refractivity (Wildman–Crippen MR) is 75.0 cm³/mol. The lowest BCUT2D eigenvalue weighted by Gasteiger charge is -2.01. The number of aromatic carboxylic acids is 1. The van der Waals surface area contributed by atoms with Crippen molar-refractivity contribution in [1.29, 1.82) is 0 Å². The van der Waals surface area contributed by atoms with Gasteiger partial charge in [0.1, 0.15) is 5.52 Å². The summed E-state index contributed by atoms with van der Waals surface area (Å²) < 4.78 is 5.64. The summed E-state index contributed by atoms with van der Waals surface area (Å²) in [6.07, 6.45) is 0.601. The number of fused-ring (bicyclic) bond motifs is 1. The van der Waals surface area contributed by atoms with Crippen LogP contribution in [0.4, 0.5) is 0 Å². The molecular formula is C16H13NO3. The van der Waals surface area contributed by atoms with Crippen LogP contribution < -0.4 is 0 Å². The van der Waals surface area contributed by atoms with E-state index in [9.17, 15) is 4.79 Å². The third-order valence-electron chi connectivity index (χ3n) is 3.28. The van der Waals surface area contributed by atoms with Gasteiger partial charge < -0.3 is 9.52 Å². The van der Waals surface area contributed by atoms with Crippen LogP contribution in [0.25, 0.3) is 11.1 Å². The molecule has 0 unspecified atom stereocenters. The lowest BCUT2D eigenvalue weighted by molar-refractivity contribution is 0.0697. The molecule has 4 heteroatoms. The number of hydrogen-bond donors (Lipinski definition) is 1. The highest BCUT2D eigenvalue weighted by Gasteiger charge is 2.10. The molecule has 0 radical (unpaired) electrons. The summed E-state index contributed by atoms with van der Waals surface area (Å²) in [4.78, 5) is 15.3. The average molecular weight is 267 g/mol. The summed E-state index contributed by atoms with van der Waals surface area (Å²) in [5.74, 6) is -0.374. The SMILES string of the molecule is Cc1ccccc1Cc1nc2ccc(C(=O)O)cc2o1. The van der Waals surface area contributed by atoms with E-state index in [0.717, 1.165) is 5.56 Å². The Morgan fingerprint density at radius 3 is 2.80 bits per heavy atom. The third-order valence-corrected chi connectivity index (χ3v) is 3.28. The van der Waals surface area contributed by atoms with Crippen molar-refractivity contribution in [3.8, 4) is 0 Å². The quantitative estimate of drug-likeness (QED) is 0.789. The molecule has 1 heterocycles. The van der Waals surface area contributed by atoms with E-state index in [0.29, 0.717) is 23.4 Å². The molecule has 3 rings (SSSR count). The van der Waals surface area contributed by atoms with Crippen LogP contribution in [0.3, 0.4) is 0 Å². The van der Waals surface area contributed by atoms with Gasteiger partial charge in [0.15, 0.2) is 11.5 Å². The second-order valence-corrected chi connectivity index (χ2v) is 4.70. The molecule has 20 heavy (non-hydrogen) atoms. The molecule has 0 aliphatic rings. The van der Waals surface area contributed by atoms with Gasteiger partial charge in [-0.25, -0.2) is 9.78 Å². The topological polar surface area (TPSA) is 63.3 Å². The first kappa shape index (κ1) is 12.4. The van der Waals surface area contributed by atoms with Crippen LogP contribution in [0, 0.1) is 6.92 Å². The number of rotatable bonds is 3. The summed E-state index contributed by atoms with van der Waals surface area (Å²) in [5, 5.41) is 8.96. The maximum absolute atomic E-state index is 10.9. The van der Waals surface area contributed by atoms with Gasteiger partial charge in [-0.15, -0.1) is 0 Å². The van der Waals surface area contributed by atoms with Crippen molar-refractivity contribution in [2.24, 2.45) is 0 Å². The molecule has 1 aromatic heterocycles. The molecule has 0 amide bonds. The van der Waals surface area contributed by atoms with E-state index in [2.05, 4.69) is 4.98 Å². The van der Waals surface area contributed by atoms with E-state index >= 15 is 0 Å². The van der Waals surface area contributed by atoms with Gasteiger partial charge in [0.2, 0.25) is 0 Å². The van der Waals surface area contributed by atoms with Crippen molar-refractivity contribution in [2.45, 2.75) is 13.3 Å². The molecule has 1 N–H and O–H groups in total. The Morgan fingerprint density at radius 2 is 2.05 bits per heavy atom. The van der Waals surface area contributed by atoms with Crippen LogP contribution in [0.1, 0.15) is 27.4 Å². The summed E-state index contributed by atoms with van der Waals surface area (Å²) in [6.45, 7) is 2.04. The number of hydrogen-bond acceptors (Lipinski definition) is 3. The second-order valence-electron chi connectivity index (χ2n) is 4.70. The van der Waals surface area contributed by atoms with E-state index < -0.39 is 5.97 Å². The Morgan fingerprint density at radius 1 is 1.25 bits per heavy atom. The standard InChI is InChI=1S/C16H13NO3/c1-10-4-2-3-5-11(10)9-15-17-13-7-6-12(16(18)19)8-14(13)20-15/h2-8H,9H2,1H3,(H,18,19). The number of oxazole rings is 1. The molecule has 100 valence electrons. The molecule has 0 spiro atoms. The predicted octanol–water partition coefficient (Wildman–Crippen LogP) is 3.43. The van der Waals surface area contributed by atoms with Gasteiger partial charge in [-0.2, -0.15) is 0 Å². The smallest absolute Gasteiger partial charge is 0.335 e. The Hall–Kier alpha value is -2.62. The van der Waals surface area contributed by atoms with E-state index in [-0.39, 0.29) is 5.56 Å². The molecule has 0 saturated heterocycles. The monoisotopic (exact) mass is 267 g/mol. The van der Waals surface area contributed by atoms with Gasteiger partial charge in [-0.1, -0.05) is 24.3 Å². The average Bonchev–Trinajstić information content (AvgIpc) is 2.82. The first-order valence-electron chi connectivity index (χ1n) is 6.31. The Kier molecular flexibility index (Phi) is 2.99. The minimum Gasteiger partial charge on any atom is -0.478 e. The lowest BCUT2D eigenvalue weighted by Crippen LogP contribution is -1.94. The molecule has 0 fully saturated rings. The van der Waals surface area contributed by atoms with Crippen molar-refractivity contribution in [1.82, 2.24) is 4.98 Å². The Balaban J connectivity index is 1.97.